The van der Waals surface area contributed by atoms with Crippen molar-refractivity contribution in [1.29, 1.82) is 0 Å². The number of anilines is 1. The van der Waals surface area contributed by atoms with Crippen molar-refractivity contribution in [3.05, 3.63) is 23.8 Å². The van der Waals surface area contributed by atoms with Gasteiger partial charge in [0.15, 0.2) is 0 Å². The molecule has 3 nitrogen and oxygen atoms in total. The van der Waals surface area contributed by atoms with Gasteiger partial charge in [0.1, 0.15) is 5.75 Å². The van der Waals surface area contributed by atoms with Crippen molar-refractivity contribution in [3.63, 3.8) is 0 Å². The lowest BCUT2D eigenvalue weighted by Crippen LogP contribution is -2.43. The van der Waals surface area contributed by atoms with Gasteiger partial charge in [0.25, 0.3) is 0 Å². The van der Waals surface area contributed by atoms with E-state index < -0.39 is 0 Å². The SMILES string of the molecule is Cc1cc(N2CCNCC2)ccc1OCCCF. The first-order valence-electron chi connectivity index (χ1n) is 6.56. The summed E-state index contributed by atoms with van der Waals surface area (Å²) in [5.74, 6) is 0.863. The van der Waals surface area contributed by atoms with E-state index in [9.17, 15) is 4.39 Å². The summed E-state index contributed by atoms with van der Waals surface area (Å²) in [4.78, 5) is 2.37. The minimum absolute atomic E-state index is 0.322. The maximum absolute atomic E-state index is 12.0. The second kappa shape index (κ2) is 6.59. The minimum atomic E-state index is -0.322. The number of rotatable bonds is 5. The highest BCUT2D eigenvalue weighted by Gasteiger charge is 2.11. The molecule has 0 radical (unpaired) electrons. The van der Waals surface area contributed by atoms with Crippen LogP contribution in [-0.4, -0.2) is 39.5 Å². The zero-order valence-corrected chi connectivity index (χ0v) is 10.9. The molecule has 4 heteroatoms. The number of halogens is 1. The summed E-state index contributed by atoms with van der Waals surface area (Å²) in [6.45, 7) is 6.32. The van der Waals surface area contributed by atoms with Crippen LogP contribution in [0.5, 0.6) is 5.75 Å². The number of alkyl halides is 1. The Hall–Kier alpha value is -1.29. The Labute approximate surface area is 108 Å². The number of piperazine rings is 1. The molecule has 0 amide bonds. The van der Waals surface area contributed by atoms with Crippen LogP contribution in [0.25, 0.3) is 0 Å². The topological polar surface area (TPSA) is 24.5 Å². The molecule has 1 heterocycles. The Kier molecular flexibility index (Phi) is 4.81. The summed E-state index contributed by atoms with van der Waals surface area (Å²) >= 11 is 0. The Morgan fingerprint density at radius 2 is 2.11 bits per heavy atom. The second-order valence-corrected chi connectivity index (χ2v) is 4.58. The Morgan fingerprint density at radius 3 is 2.78 bits per heavy atom. The van der Waals surface area contributed by atoms with Gasteiger partial charge >= 0.3 is 0 Å². The molecule has 18 heavy (non-hydrogen) atoms. The van der Waals surface area contributed by atoms with E-state index in [0.29, 0.717) is 13.0 Å². The van der Waals surface area contributed by atoms with Crippen LogP contribution < -0.4 is 15.0 Å². The third-order valence-corrected chi connectivity index (χ3v) is 3.18. The molecule has 1 fully saturated rings. The van der Waals surface area contributed by atoms with Gasteiger partial charge in [0.2, 0.25) is 0 Å². The predicted molar refractivity (Wildman–Crippen MR) is 72.3 cm³/mol. The molecule has 0 bridgehead atoms. The predicted octanol–water partition coefficient (Wildman–Crippen LogP) is 2.14. The molecule has 0 atom stereocenters. The molecular weight excluding hydrogens is 231 g/mol. The zero-order valence-electron chi connectivity index (χ0n) is 10.9. The molecular formula is C14H21FN2O. The van der Waals surface area contributed by atoms with Crippen LogP contribution in [-0.2, 0) is 0 Å². The van der Waals surface area contributed by atoms with Gasteiger partial charge in [-0.1, -0.05) is 0 Å². The van der Waals surface area contributed by atoms with Crippen LogP contribution in [0.15, 0.2) is 18.2 Å². The van der Waals surface area contributed by atoms with Crippen molar-refractivity contribution in [1.82, 2.24) is 5.32 Å². The van der Waals surface area contributed by atoms with Crippen LogP contribution >= 0.6 is 0 Å². The molecule has 2 rings (SSSR count). The molecule has 1 aliphatic heterocycles. The highest BCUT2D eigenvalue weighted by molar-refractivity contribution is 5.53. The van der Waals surface area contributed by atoms with Crippen LogP contribution in [0.2, 0.25) is 0 Å². The Morgan fingerprint density at radius 1 is 1.33 bits per heavy atom. The van der Waals surface area contributed by atoms with E-state index in [1.54, 1.807) is 0 Å². The molecule has 1 saturated heterocycles. The van der Waals surface area contributed by atoms with E-state index in [1.807, 2.05) is 13.0 Å². The quantitative estimate of drug-likeness (QED) is 0.813. The van der Waals surface area contributed by atoms with Crippen molar-refractivity contribution in [3.8, 4) is 5.75 Å². The standard InChI is InChI=1S/C14H21FN2O/c1-12-11-13(17-8-6-16-7-9-17)3-4-14(12)18-10-2-5-15/h3-4,11,16H,2,5-10H2,1H3. The van der Waals surface area contributed by atoms with Gasteiger partial charge in [0.05, 0.1) is 13.3 Å². The first kappa shape index (κ1) is 13.1. The van der Waals surface area contributed by atoms with Crippen molar-refractivity contribution in [2.45, 2.75) is 13.3 Å². The smallest absolute Gasteiger partial charge is 0.122 e. The van der Waals surface area contributed by atoms with E-state index >= 15 is 0 Å². The Bertz CT molecular complexity index is 378. The molecule has 0 spiro atoms. The summed E-state index contributed by atoms with van der Waals surface area (Å²) in [5, 5.41) is 3.34. The van der Waals surface area contributed by atoms with E-state index in [4.69, 9.17) is 4.74 Å². The van der Waals surface area contributed by atoms with E-state index in [-0.39, 0.29) is 6.67 Å². The first-order valence-corrected chi connectivity index (χ1v) is 6.56. The number of hydrogen-bond acceptors (Lipinski definition) is 3. The maximum atomic E-state index is 12.0. The largest absolute Gasteiger partial charge is 0.493 e. The highest BCUT2D eigenvalue weighted by Crippen LogP contribution is 2.24. The highest BCUT2D eigenvalue weighted by atomic mass is 19.1. The molecule has 1 aromatic rings. The van der Waals surface area contributed by atoms with Crippen molar-refractivity contribution in [2.75, 3.05) is 44.4 Å². The van der Waals surface area contributed by atoms with Crippen LogP contribution in [0.3, 0.4) is 0 Å². The average Bonchev–Trinajstić information content (AvgIpc) is 2.42. The summed E-state index contributed by atoms with van der Waals surface area (Å²) in [7, 11) is 0. The molecule has 100 valence electrons. The van der Waals surface area contributed by atoms with Crippen molar-refractivity contribution in [2.24, 2.45) is 0 Å². The van der Waals surface area contributed by atoms with Crippen molar-refractivity contribution >= 4 is 5.69 Å². The van der Waals surface area contributed by atoms with Gasteiger partial charge in [0, 0.05) is 38.3 Å². The summed E-state index contributed by atoms with van der Waals surface area (Å²) in [6.07, 6.45) is 0.457. The van der Waals surface area contributed by atoms with E-state index in [1.165, 1.54) is 5.69 Å². The summed E-state index contributed by atoms with van der Waals surface area (Å²) in [6, 6.07) is 6.23. The fourth-order valence-corrected chi connectivity index (χ4v) is 2.15. The molecule has 0 aromatic heterocycles. The number of hydrogen-bond donors (Lipinski definition) is 1. The molecule has 0 saturated carbocycles. The minimum Gasteiger partial charge on any atom is -0.493 e. The van der Waals surface area contributed by atoms with Gasteiger partial charge in [-0.15, -0.1) is 0 Å². The molecule has 0 unspecified atom stereocenters. The number of nitrogens with one attached hydrogen (secondary N) is 1. The fourth-order valence-electron chi connectivity index (χ4n) is 2.15. The van der Waals surface area contributed by atoms with Gasteiger partial charge < -0.3 is 15.0 Å². The van der Waals surface area contributed by atoms with E-state index in [2.05, 4.69) is 22.3 Å². The van der Waals surface area contributed by atoms with Gasteiger partial charge in [-0.2, -0.15) is 0 Å². The number of ether oxygens (including phenoxy) is 1. The maximum Gasteiger partial charge on any atom is 0.122 e. The van der Waals surface area contributed by atoms with Gasteiger partial charge in [-0.3, -0.25) is 4.39 Å². The van der Waals surface area contributed by atoms with Crippen LogP contribution in [0, 0.1) is 6.92 Å². The first-order chi connectivity index (χ1) is 8.81. The summed E-state index contributed by atoms with van der Waals surface area (Å²) in [5.41, 5.74) is 2.36. The zero-order chi connectivity index (χ0) is 12.8. The normalized spacial score (nSPS) is 15.8. The van der Waals surface area contributed by atoms with Crippen LogP contribution in [0.4, 0.5) is 10.1 Å². The third kappa shape index (κ3) is 3.35. The van der Waals surface area contributed by atoms with Gasteiger partial charge in [-0.05, 0) is 30.7 Å². The average molecular weight is 252 g/mol. The monoisotopic (exact) mass is 252 g/mol. The molecule has 0 aliphatic carbocycles. The number of benzene rings is 1. The fraction of sp³-hybridized carbons (Fsp3) is 0.571. The molecule has 1 N–H and O–H groups in total. The number of nitrogens with zero attached hydrogens (tertiary/aromatic N) is 1. The number of aryl methyl sites for hydroxylation is 1. The third-order valence-electron chi connectivity index (χ3n) is 3.18. The lowest BCUT2D eigenvalue weighted by molar-refractivity contribution is 0.288. The second-order valence-electron chi connectivity index (χ2n) is 4.58. The van der Waals surface area contributed by atoms with Crippen molar-refractivity contribution < 1.29 is 9.13 Å². The van der Waals surface area contributed by atoms with Gasteiger partial charge in [-0.25, -0.2) is 0 Å². The molecule has 1 aliphatic rings. The lowest BCUT2D eigenvalue weighted by atomic mass is 10.1. The van der Waals surface area contributed by atoms with E-state index in [0.717, 1.165) is 37.5 Å². The van der Waals surface area contributed by atoms with Crippen LogP contribution in [0.1, 0.15) is 12.0 Å². The Balaban J connectivity index is 1.99. The summed E-state index contributed by atoms with van der Waals surface area (Å²) < 4.78 is 17.6. The molecule has 1 aromatic carbocycles. The lowest BCUT2D eigenvalue weighted by Gasteiger charge is -2.29.